The molecule has 30 nitrogen and oxygen atoms in total. The molecule has 546 valence electrons. The number of thiazole rings is 3. The number of methoxy groups -OCH3 is 1. The number of carbonyl (C=O) groups is 3. The second kappa shape index (κ2) is 30.3. The van der Waals surface area contributed by atoms with Gasteiger partial charge in [-0.1, -0.05) is 0 Å². The SMILES string of the molecule is COc1cc(N2CCN(C)CC2)c(C)cc1Nc1ncc2c(n1)N(C)c1sc(C)nc1C(=O)N2C.Cc1nc2c(s1)N(C)c1nc(Nc3ccc(N4CCN(C)CC4)cc3C)ncc1N(C)C2=O.Cc1nc2c(s1)N(C)c1nc(Nc3ccc(N4CCN(C)CC4)cc3OCCO)ncc1N(C)C2=O. The van der Waals surface area contributed by atoms with Crippen LogP contribution in [-0.2, 0) is 0 Å². The van der Waals surface area contributed by atoms with Crippen molar-refractivity contribution >= 4 is 153 Å². The number of nitrogens with zero attached hydrogens (tertiary/aromatic N) is 21. The Labute approximate surface area is 617 Å². The standard InChI is InChI=1S/C24H30N8O3S.C24H30N8O2S.C23H28N8OS/c1-15-26-20-22(34)30(3)18-14-25-24(28-21(18)31(4)23(20)36-15)27-17-6-5-16(13-19(17)35-12-11-33)32-9-7-29(2)8-10-32;1-14-11-16(19(34-6)12-17(14)32-9-7-29(3)8-10-32)27-24-25-13-18-21(28-24)31(5)23-20(22(33)30(18)4)26-15(2)35-23;1-14-12-16(31-10-8-28(3)9-11-31)6-7-17(14)26-23-24-13-18-20(27-23)30(5)22-19(21(32)29(18)4)25-15(2)33-22/h5-6,13-14,33H,7-12H2,1-4H3,(H,25,27,28);11-13H,7-10H2,1-6H3,(H,25,27,28);6-7,12-13H,8-11H2,1-5H3,(H,24,26,27). The van der Waals surface area contributed by atoms with Crippen LogP contribution in [0, 0.1) is 34.6 Å². The van der Waals surface area contributed by atoms with Crippen molar-refractivity contribution in [3.05, 3.63) is 110 Å². The molecule has 6 aromatic heterocycles. The van der Waals surface area contributed by atoms with Crippen molar-refractivity contribution in [2.24, 2.45) is 0 Å². The third-order valence-corrected chi connectivity index (χ3v) is 22.4. The van der Waals surface area contributed by atoms with Gasteiger partial charge < -0.3 is 89.3 Å². The summed E-state index contributed by atoms with van der Waals surface area (Å²) in [6.45, 7) is 22.1. The van der Waals surface area contributed by atoms with Gasteiger partial charge in [0.1, 0.15) is 50.2 Å². The summed E-state index contributed by atoms with van der Waals surface area (Å²) in [4.78, 5) is 105. The number of rotatable bonds is 13. The van der Waals surface area contributed by atoms with E-state index in [0.717, 1.165) is 143 Å². The number of hydrogen-bond acceptors (Lipinski definition) is 30. The second-order valence-electron chi connectivity index (χ2n) is 26.5. The van der Waals surface area contributed by atoms with Gasteiger partial charge in [0.05, 0.1) is 58.7 Å². The summed E-state index contributed by atoms with van der Waals surface area (Å²) >= 11 is 4.41. The van der Waals surface area contributed by atoms with Crippen LogP contribution < -0.4 is 69.5 Å². The van der Waals surface area contributed by atoms with E-state index in [1.807, 2.05) is 74.8 Å². The maximum absolute atomic E-state index is 13.0. The normalized spacial score (nSPS) is 16.2. The smallest absolute Gasteiger partial charge is 0.279 e. The first-order valence-electron chi connectivity index (χ1n) is 34.3. The Morgan fingerprint density at radius 2 is 0.788 bits per heavy atom. The van der Waals surface area contributed by atoms with E-state index in [4.69, 9.17) is 24.4 Å². The Hall–Kier alpha value is -10.2. The van der Waals surface area contributed by atoms with Gasteiger partial charge in [0.25, 0.3) is 17.7 Å². The highest BCUT2D eigenvalue weighted by atomic mass is 32.1. The molecule has 3 aromatic carbocycles. The fourth-order valence-corrected chi connectivity index (χ4v) is 15.7. The lowest BCUT2D eigenvalue weighted by Crippen LogP contribution is -2.44. The number of benzene rings is 3. The number of ether oxygens (including phenoxy) is 2. The van der Waals surface area contributed by atoms with Gasteiger partial charge in [-0.2, -0.15) is 15.0 Å². The van der Waals surface area contributed by atoms with Gasteiger partial charge >= 0.3 is 0 Å². The van der Waals surface area contributed by atoms with Gasteiger partial charge in [-0.3, -0.25) is 14.4 Å². The van der Waals surface area contributed by atoms with Crippen molar-refractivity contribution in [2.75, 3.05) is 222 Å². The highest BCUT2D eigenvalue weighted by Crippen LogP contribution is 2.46. The molecular formula is C71H88N24O6S3. The van der Waals surface area contributed by atoms with Gasteiger partial charge in [0.15, 0.2) is 34.5 Å². The summed E-state index contributed by atoms with van der Waals surface area (Å²) in [5.41, 5.74) is 11.4. The lowest BCUT2D eigenvalue weighted by atomic mass is 10.1. The molecule has 3 saturated heterocycles. The molecule has 9 aromatic rings. The van der Waals surface area contributed by atoms with E-state index in [1.165, 1.54) is 50.3 Å². The molecular weight excluding hydrogens is 1380 g/mol. The number of amides is 3. The van der Waals surface area contributed by atoms with Crippen molar-refractivity contribution in [2.45, 2.75) is 34.6 Å². The first kappa shape index (κ1) is 72.2. The van der Waals surface area contributed by atoms with Crippen molar-refractivity contribution < 1.29 is 29.0 Å². The Kier molecular flexibility index (Phi) is 21.0. The molecule has 0 radical (unpaired) electrons. The summed E-state index contributed by atoms with van der Waals surface area (Å²) in [6.07, 6.45) is 4.99. The highest BCUT2D eigenvalue weighted by molar-refractivity contribution is 7.17. The molecule has 104 heavy (non-hydrogen) atoms. The molecule has 0 saturated carbocycles. The summed E-state index contributed by atoms with van der Waals surface area (Å²) in [7, 11) is 19.0. The maximum Gasteiger partial charge on any atom is 0.279 e. The fourth-order valence-electron chi connectivity index (χ4n) is 13.1. The molecule has 4 N–H and O–H groups in total. The predicted octanol–water partition coefficient (Wildman–Crippen LogP) is 9.28. The van der Waals surface area contributed by atoms with E-state index >= 15 is 0 Å². The van der Waals surface area contributed by atoms with Crippen LogP contribution in [-0.4, -0.2) is 245 Å². The van der Waals surface area contributed by atoms with Crippen LogP contribution in [0.15, 0.2) is 67.1 Å². The number of piperazine rings is 3. The van der Waals surface area contributed by atoms with E-state index in [1.54, 1.807) is 56.6 Å². The van der Waals surface area contributed by atoms with Gasteiger partial charge in [-0.05, 0) is 103 Å². The zero-order valence-corrected chi connectivity index (χ0v) is 63.8. The molecule has 3 amide bonds. The number of hydrogen-bond donors (Lipinski definition) is 4. The molecule has 0 unspecified atom stereocenters. The van der Waals surface area contributed by atoms with Crippen LogP contribution >= 0.6 is 34.0 Å². The van der Waals surface area contributed by atoms with E-state index in [2.05, 4.69) is 141 Å². The zero-order chi connectivity index (χ0) is 73.5. The fraction of sp³-hybridized carbons (Fsp3) is 0.408. The predicted molar refractivity (Wildman–Crippen MR) is 416 cm³/mol. The van der Waals surface area contributed by atoms with Crippen LogP contribution in [0.3, 0.4) is 0 Å². The Bertz CT molecular complexity index is 4700. The average Bonchev–Trinajstić information content (AvgIpc) is 1.61. The van der Waals surface area contributed by atoms with Crippen LogP contribution in [0.1, 0.15) is 57.6 Å². The number of aliphatic hydroxyl groups is 1. The quantitative estimate of drug-likeness (QED) is 0.0836. The number of likely N-dealkylation sites (N-methyl/N-ethyl adjacent to an activating group) is 3. The minimum Gasteiger partial charge on any atom is -0.494 e. The van der Waals surface area contributed by atoms with Crippen molar-refractivity contribution in [3.63, 3.8) is 0 Å². The third-order valence-electron chi connectivity index (χ3n) is 19.2. The Balaban J connectivity index is 0.000000139. The number of aryl methyl sites for hydroxylation is 5. The number of aromatic nitrogens is 9. The number of nitrogens with one attached hydrogen (secondary N) is 3. The summed E-state index contributed by atoms with van der Waals surface area (Å²) < 4.78 is 11.6. The summed E-state index contributed by atoms with van der Waals surface area (Å²) in [6, 6.07) is 16.6. The minimum absolute atomic E-state index is 0.0880. The van der Waals surface area contributed by atoms with E-state index < -0.39 is 0 Å². The van der Waals surface area contributed by atoms with Crippen LogP contribution in [0.4, 0.5) is 101 Å². The van der Waals surface area contributed by atoms with Crippen molar-refractivity contribution in [1.29, 1.82) is 0 Å². The Morgan fingerprint density at radius 3 is 1.18 bits per heavy atom. The van der Waals surface area contributed by atoms with Crippen molar-refractivity contribution in [1.82, 2.24) is 59.6 Å². The third kappa shape index (κ3) is 14.7. The highest BCUT2D eigenvalue weighted by Gasteiger charge is 2.36. The van der Waals surface area contributed by atoms with Gasteiger partial charge in [0, 0.05) is 156 Å². The van der Waals surface area contributed by atoms with Crippen LogP contribution in [0.5, 0.6) is 11.5 Å². The van der Waals surface area contributed by atoms with Crippen molar-refractivity contribution in [3.8, 4) is 11.5 Å². The molecule has 6 aliphatic rings. The molecule has 6 aliphatic heterocycles. The molecule has 0 atom stereocenters. The van der Waals surface area contributed by atoms with E-state index in [-0.39, 0.29) is 30.9 Å². The molecule has 12 heterocycles. The number of anilines is 18. The Morgan fingerprint density at radius 1 is 0.413 bits per heavy atom. The van der Waals surface area contributed by atoms with Crippen LogP contribution in [0.2, 0.25) is 0 Å². The van der Waals surface area contributed by atoms with Gasteiger partial charge in [-0.15, -0.1) is 34.0 Å². The largest absolute Gasteiger partial charge is 0.494 e. The van der Waals surface area contributed by atoms with Crippen LogP contribution in [0.25, 0.3) is 0 Å². The number of carbonyl (C=O) groups excluding carboxylic acids is 3. The number of fused-ring (bicyclic) bond motifs is 6. The molecule has 3 fully saturated rings. The molecule has 33 heteroatoms. The first-order valence-corrected chi connectivity index (χ1v) is 36.8. The molecule has 0 bridgehead atoms. The summed E-state index contributed by atoms with van der Waals surface area (Å²) in [5, 5.41) is 24.1. The average molecular weight is 1470 g/mol. The molecule has 0 aliphatic carbocycles. The molecule has 15 rings (SSSR count). The lowest BCUT2D eigenvalue weighted by molar-refractivity contribution is 0.0982. The maximum atomic E-state index is 13.0. The molecule has 0 spiro atoms. The topological polar surface area (TPSA) is 281 Å². The first-order chi connectivity index (χ1) is 49.9. The van der Waals surface area contributed by atoms with Gasteiger partial charge in [-0.25, -0.2) is 29.9 Å². The van der Waals surface area contributed by atoms with E-state index in [0.29, 0.717) is 80.9 Å². The number of aliphatic hydroxyl groups excluding tert-OH is 1. The summed E-state index contributed by atoms with van der Waals surface area (Å²) in [5.74, 6) is 3.99. The van der Waals surface area contributed by atoms with Gasteiger partial charge in [0.2, 0.25) is 17.8 Å². The second-order valence-corrected chi connectivity index (χ2v) is 30.0. The van der Waals surface area contributed by atoms with E-state index in [9.17, 15) is 19.5 Å². The monoisotopic (exact) mass is 1470 g/mol. The lowest BCUT2D eigenvalue weighted by Gasteiger charge is -2.35. The zero-order valence-electron chi connectivity index (χ0n) is 61.4. The minimum atomic E-state index is -0.191.